The van der Waals surface area contributed by atoms with Gasteiger partial charge in [0, 0.05) is 0 Å². The van der Waals surface area contributed by atoms with Gasteiger partial charge in [0.15, 0.2) is 5.82 Å². The molecule has 0 saturated heterocycles. The Morgan fingerprint density at radius 1 is 1.42 bits per heavy atom. The molecule has 1 heterocycles. The third-order valence-corrected chi connectivity index (χ3v) is 2.75. The van der Waals surface area contributed by atoms with Gasteiger partial charge in [-0.2, -0.15) is 4.68 Å². The molecule has 0 aliphatic heterocycles. The number of carbonyl (C=O) groups is 1. The molecule has 0 saturated carbocycles. The van der Waals surface area contributed by atoms with Gasteiger partial charge in [0.1, 0.15) is 0 Å². The molecule has 2 aromatic rings. The summed E-state index contributed by atoms with van der Waals surface area (Å²) in [5.74, 6) is -0.374. The monoisotopic (exact) mass is 260 g/mol. The minimum absolute atomic E-state index is 0.0434. The van der Waals surface area contributed by atoms with Gasteiger partial charge in [-0.1, -0.05) is 22.9 Å². The molecule has 0 spiro atoms. The Balaban J connectivity index is 2.44. The van der Waals surface area contributed by atoms with Gasteiger partial charge in [0.2, 0.25) is 5.69 Å². The van der Waals surface area contributed by atoms with Crippen LogP contribution in [0.15, 0.2) is 18.2 Å². The second-order valence-corrected chi connectivity index (χ2v) is 4.25. The lowest BCUT2D eigenvalue weighted by molar-refractivity contribution is 0.0520. The Hall–Kier alpha value is -2.37. The standard InChI is InChI=1S/C13H16N4O2/c1-4-19-13(18)11-12(14)17(16-15-11)10-6-5-8(2)7-9(10)3/h5-7H,4,14H2,1-3H3. The average Bonchev–Trinajstić information content (AvgIpc) is 2.72. The van der Waals surface area contributed by atoms with Gasteiger partial charge in [-0.05, 0) is 32.4 Å². The molecule has 6 heteroatoms. The van der Waals surface area contributed by atoms with Crippen molar-refractivity contribution in [3.8, 4) is 5.69 Å². The maximum Gasteiger partial charge on any atom is 0.362 e. The molecule has 0 bridgehead atoms. The van der Waals surface area contributed by atoms with Crippen LogP contribution in [0, 0.1) is 13.8 Å². The highest BCUT2D eigenvalue weighted by molar-refractivity contribution is 5.92. The molecular weight excluding hydrogens is 244 g/mol. The summed E-state index contributed by atoms with van der Waals surface area (Å²) in [6.45, 7) is 5.95. The number of nitrogen functional groups attached to an aromatic ring is 1. The number of ether oxygens (including phenoxy) is 1. The van der Waals surface area contributed by atoms with Crippen molar-refractivity contribution in [2.45, 2.75) is 20.8 Å². The minimum Gasteiger partial charge on any atom is -0.461 e. The van der Waals surface area contributed by atoms with Crippen LogP contribution in [0.25, 0.3) is 5.69 Å². The number of nitrogens with zero attached hydrogens (tertiary/aromatic N) is 3. The van der Waals surface area contributed by atoms with Crippen molar-refractivity contribution in [1.29, 1.82) is 0 Å². The van der Waals surface area contributed by atoms with Crippen LogP contribution in [0.3, 0.4) is 0 Å². The first-order valence-electron chi connectivity index (χ1n) is 6.00. The van der Waals surface area contributed by atoms with Crippen molar-refractivity contribution in [3.63, 3.8) is 0 Å². The molecule has 1 aromatic carbocycles. The number of aromatic nitrogens is 3. The molecule has 100 valence electrons. The quantitative estimate of drug-likeness (QED) is 0.848. The SMILES string of the molecule is CCOC(=O)c1nnn(-c2ccc(C)cc2C)c1N. The van der Waals surface area contributed by atoms with E-state index >= 15 is 0 Å². The minimum atomic E-state index is -0.559. The Kier molecular flexibility index (Phi) is 3.50. The third-order valence-electron chi connectivity index (χ3n) is 2.75. The van der Waals surface area contributed by atoms with Crippen LogP contribution < -0.4 is 5.73 Å². The molecule has 0 unspecified atom stereocenters. The first-order valence-corrected chi connectivity index (χ1v) is 6.00. The summed E-state index contributed by atoms with van der Waals surface area (Å²) in [5, 5.41) is 7.71. The summed E-state index contributed by atoms with van der Waals surface area (Å²) in [6, 6.07) is 5.86. The largest absolute Gasteiger partial charge is 0.461 e. The van der Waals surface area contributed by atoms with E-state index in [2.05, 4.69) is 10.3 Å². The zero-order valence-corrected chi connectivity index (χ0v) is 11.2. The highest BCUT2D eigenvalue weighted by Gasteiger charge is 2.19. The summed E-state index contributed by atoms with van der Waals surface area (Å²) >= 11 is 0. The number of rotatable bonds is 3. The zero-order valence-electron chi connectivity index (χ0n) is 11.2. The maximum atomic E-state index is 11.6. The predicted octanol–water partition coefficient (Wildman–Crippen LogP) is 1.64. The summed E-state index contributed by atoms with van der Waals surface area (Å²) in [5.41, 5.74) is 8.90. The molecule has 0 fully saturated rings. The smallest absolute Gasteiger partial charge is 0.362 e. The molecule has 2 rings (SSSR count). The van der Waals surface area contributed by atoms with Crippen molar-refractivity contribution >= 4 is 11.8 Å². The molecule has 1 aromatic heterocycles. The fourth-order valence-corrected chi connectivity index (χ4v) is 1.85. The van der Waals surface area contributed by atoms with E-state index in [-0.39, 0.29) is 18.1 Å². The Labute approximate surface area is 111 Å². The lowest BCUT2D eigenvalue weighted by atomic mass is 10.1. The molecule has 6 nitrogen and oxygen atoms in total. The zero-order chi connectivity index (χ0) is 14.0. The lowest BCUT2D eigenvalue weighted by Crippen LogP contribution is -2.10. The molecular formula is C13H16N4O2. The molecule has 2 N–H and O–H groups in total. The number of benzene rings is 1. The second-order valence-electron chi connectivity index (χ2n) is 4.25. The maximum absolute atomic E-state index is 11.6. The van der Waals surface area contributed by atoms with Crippen molar-refractivity contribution in [2.75, 3.05) is 12.3 Å². The van der Waals surface area contributed by atoms with Gasteiger partial charge in [0.05, 0.1) is 12.3 Å². The Morgan fingerprint density at radius 3 is 2.79 bits per heavy atom. The van der Waals surface area contributed by atoms with E-state index in [1.807, 2.05) is 32.0 Å². The summed E-state index contributed by atoms with van der Waals surface area (Å²) in [7, 11) is 0. The van der Waals surface area contributed by atoms with E-state index in [0.29, 0.717) is 0 Å². The van der Waals surface area contributed by atoms with Gasteiger partial charge < -0.3 is 10.5 Å². The summed E-state index contributed by atoms with van der Waals surface area (Å²) in [6.07, 6.45) is 0. The van der Waals surface area contributed by atoms with Crippen LogP contribution in [0.4, 0.5) is 5.82 Å². The lowest BCUT2D eigenvalue weighted by Gasteiger charge is -2.07. The Bertz CT molecular complexity index is 619. The van der Waals surface area contributed by atoms with E-state index < -0.39 is 5.97 Å². The molecule has 0 atom stereocenters. The van der Waals surface area contributed by atoms with Crippen LogP contribution in [-0.4, -0.2) is 27.6 Å². The van der Waals surface area contributed by atoms with Crippen LogP contribution in [0.2, 0.25) is 0 Å². The highest BCUT2D eigenvalue weighted by atomic mass is 16.5. The molecule has 0 radical (unpaired) electrons. The number of hydrogen-bond acceptors (Lipinski definition) is 5. The fourth-order valence-electron chi connectivity index (χ4n) is 1.85. The number of anilines is 1. The molecule has 0 aliphatic carbocycles. The van der Waals surface area contributed by atoms with E-state index in [4.69, 9.17) is 10.5 Å². The predicted molar refractivity (Wildman–Crippen MR) is 71.2 cm³/mol. The Morgan fingerprint density at radius 2 is 2.16 bits per heavy atom. The van der Waals surface area contributed by atoms with Gasteiger partial charge in [-0.25, -0.2) is 4.79 Å². The average molecular weight is 260 g/mol. The number of hydrogen-bond donors (Lipinski definition) is 1. The van der Waals surface area contributed by atoms with Crippen molar-refractivity contribution in [1.82, 2.24) is 15.0 Å². The normalized spacial score (nSPS) is 10.5. The first kappa shape index (κ1) is 13.1. The number of aryl methyl sites for hydroxylation is 2. The van der Waals surface area contributed by atoms with Crippen LogP contribution in [-0.2, 0) is 4.74 Å². The van der Waals surface area contributed by atoms with Crippen molar-refractivity contribution in [3.05, 3.63) is 35.0 Å². The van der Waals surface area contributed by atoms with Gasteiger partial charge in [-0.3, -0.25) is 0 Å². The fraction of sp³-hybridized carbons (Fsp3) is 0.308. The molecule has 0 aliphatic rings. The van der Waals surface area contributed by atoms with E-state index in [1.54, 1.807) is 6.92 Å². The van der Waals surface area contributed by atoms with Gasteiger partial charge in [-0.15, -0.1) is 5.10 Å². The third kappa shape index (κ3) is 2.42. The van der Waals surface area contributed by atoms with Crippen molar-refractivity contribution in [2.24, 2.45) is 0 Å². The molecule has 0 amide bonds. The van der Waals surface area contributed by atoms with E-state index in [1.165, 1.54) is 4.68 Å². The van der Waals surface area contributed by atoms with Gasteiger partial charge >= 0.3 is 5.97 Å². The van der Waals surface area contributed by atoms with E-state index in [9.17, 15) is 4.79 Å². The van der Waals surface area contributed by atoms with Crippen LogP contribution in [0.5, 0.6) is 0 Å². The number of carbonyl (C=O) groups excluding carboxylic acids is 1. The topological polar surface area (TPSA) is 83.0 Å². The number of nitrogens with two attached hydrogens (primary N) is 1. The van der Waals surface area contributed by atoms with Crippen LogP contribution >= 0.6 is 0 Å². The van der Waals surface area contributed by atoms with Crippen molar-refractivity contribution < 1.29 is 9.53 Å². The summed E-state index contributed by atoms with van der Waals surface area (Å²) in [4.78, 5) is 11.6. The van der Waals surface area contributed by atoms with E-state index in [0.717, 1.165) is 16.8 Å². The summed E-state index contributed by atoms with van der Waals surface area (Å²) < 4.78 is 6.32. The van der Waals surface area contributed by atoms with Gasteiger partial charge in [0.25, 0.3) is 0 Å². The first-order chi connectivity index (χ1) is 9.04. The molecule has 19 heavy (non-hydrogen) atoms. The highest BCUT2D eigenvalue weighted by Crippen LogP contribution is 2.19. The van der Waals surface area contributed by atoms with Crippen LogP contribution in [0.1, 0.15) is 28.5 Å². The number of esters is 1. The second kappa shape index (κ2) is 5.09.